The van der Waals surface area contributed by atoms with Gasteiger partial charge in [0.05, 0.1) is 0 Å². The van der Waals surface area contributed by atoms with Gasteiger partial charge in [-0.2, -0.15) is 0 Å². The summed E-state index contributed by atoms with van der Waals surface area (Å²) in [5.41, 5.74) is 9.50. The minimum atomic E-state index is 0.576. The van der Waals surface area contributed by atoms with Crippen molar-refractivity contribution in [1.29, 1.82) is 0 Å². The van der Waals surface area contributed by atoms with Crippen LogP contribution in [0, 0.1) is 6.92 Å². The van der Waals surface area contributed by atoms with E-state index in [1.165, 1.54) is 31.2 Å². The number of aryl methyl sites for hydroxylation is 1. The SMILES string of the molecule is Cc1cc(-c2nc(C3CCCC3)n(C)c2N)ccc1Br. The Morgan fingerprint density at radius 3 is 2.65 bits per heavy atom. The standard InChI is InChI=1S/C16H20BrN3/c1-10-9-12(7-8-13(10)17)14-15(18)20(2)16(19-14)11-5-3-4-6-11/h7-9,11H,3-6,18H2,1-2H3. The first-order valence-corrected chi connectivity index (χ1v) is 7.96. The number of nitrogen functional groups attached to an aromatic ring is 1. The summed E-state index contributed by atoms with van der Waals surface area (Å²) in [6.07, 6.45) is 5.10. The molecule has 0 amide bonds. The number of nitrogens with two attached hydrogens (primary N) is 1. The lowest BCUT2D eigenvalue weighted by Gasteiger charge is -2.08. The van der Waals surface area contributed by atoms with Gasteiger partial charge < -0.3 is 10.3 Å². The molecule has 2 N–H and O–H groups in total. The summed E-state index contributed by atoms with van der Waals surface area (Å²) in [6, 6.07) is 6.28. The largest absolute Gasteiger partial charge is 0.383 e. The number of halogens is 1. The van der Waals surface area contributed by atoms with E-state index in [-0.39, 0.29) is 0 Å². The van der Waals surface area contributed by atoms with Gasteiger partial charge >= 0.3 is 0 Å². The smallest absolute Gasteiger partial charge is 0.131 e. The lowest BCUT2D eigenvalue weighted by Crippen LogP contribution is -2.05. The van der Waals surface area contributed by atoms with Crippen LogP contribution in [0.25, 0.3) is 11.3 Å². The van der Waals surface area contributed by atoms with E-state index in [0.717, 1.165) is 27.4 Å². The summed E-state index contributed by atoms with van der Waals surface area (Å²) in [5.74, 6) is 2.50. The summed E-state index contributed by atoms with van der Waals surface area (Å²) >= 11 is 3.54. The van der Waals surface area contributed by atoms with Crippen LogP contribution in [-0.4, -0.2) is 9.55 Å². The Kier molecular flexibility index (Phi) is 3.59. The molecule has 1 aromatic carbocycles. The molecule has 0 aliphatic heterocycles. The predicted octanol–water partition coefficient (Wildman–Crippen LogP) is 4.40. The van der Waals surface area contributed by atoms with Crippen molar-refractivity contribution < 1.29 is 0 Å². The zero-order valence-corrected chi connectivity index (χ0v) is 13.6. The number of hydrogen-bond acceptors (Lipinski definition) is 2. The van der Waals surface area contributed by atoms with Gasteiger partial charge in [0.2, 0.25) is 0 Å². The van der Waals surface area contributed by atoms with Gasteiger partial charge in [-0.3, -0.25) is 0 Å². The summed E-state index contributed by atoms with van der Waals surface area (Å²) in [7, 11) is 2.03. The fourth-order valence-corrected chi connectivity index (χ4v) is 3.33. The van der Waals surface area contributed by atoms with Crippen molar-refractivity contribution in [1.82, 2.24) is 9.55 Å². The van der Waals surface area contributed by atoms with Crippen LogP contribution in [-0.2, 0) is 7.05 Å². The second-order valence-electron chi connectivity index (χ2n) is 5.71. The average molecular weight is 334 g/mol. The first kappa shape index (κ1) is 13.7. The highest BCUT2D eigenvalue weighted by Gasteiger charge is 2.24. The molecular formula is C16H20BrN3. The molecule has 0 bridgehead atoms. The Morgan fingerprint density at radius 1 is 1.30 bits per heavy atom. The lowest BCUT2D eigenvalue weighted by molar-refractivity contribution is 0.635. The zero-order chi connectivity index (χ0) is 14.3. The van der Waals surface area contributed by atoms with Gasteiger partial charge in [-0.05, 0) is 37.5 Å². The van der Waals surface area contributed by atoms with Crippen LogP contribution in [0.4, 0.5) is 5.82 Å². The fourth-order valence-electron chi connectivity index (χ4n) is 3.08. The Hall–Kier alpha value is -1.29. The molecule has 0 unspecified atom stereocenters. The quantitative estimate of drug-likeness (QED) is 0.885. The molecular weight excluding hydrogens is 314 g/mol. The van der Waals surface area contributed by atoms with E-state index in [2.05, 4.69) is 45.6 Å². The van der Waals surface area contributed by atoms with Gasteiger partial charge in [0, 0.05) is 23.0 Å². The molecule has 20 heavy (non-hydrogen) atoms. The zero-order valence-electron chi connectivity index (χ0n) is 12.0. The van der Waals surface area contributed by atoms with E-state index in [1.807, 2.05) is 7.05 Å². The maximum atomic E-state index is 6.28. The van der Waals surface area contributed by atoms with Crippen LogP contribution in [0.2, 0.25) is 0 Å². The van der Waals surface area contributed by atoms with E-state index in [9.17, 15) is 0 Å². The van der Waals surface area contributed by atoms with E-state index < -0.39 is 0 Å². The van der Waals surface area contributed by atoms with Gasteiger partial charge in [-0.15, -0.1) is 0 Å². The van der Waals surface area contributed by atoms with Crippen molar-refractivity contribution in [2.24, 2.45) is 7.05 Å². The molecule has 3 rings (SSSR count). The summed E-state index contributed by atoms with van der Waals surface area (Å²) in [4.78, 5) is 4.86. The third-order valence-corrected chi connectivity index (χ3v) is 5.22. The molecule has 1 fully saturated rings. The summed E-state index contributed by atoms with van der Waals surface area (Å²) in [5, 5.41) is 0. The van der Waals surface area contributed by atoms with Gasteiger partial charge in [0.1, 0.15) is 17.3 Å². The molecule has 1 heterocycles. The first-order chi connectivity index (χ1) is 9.58. The number of aromatic nitrogens is 2. The fraction of sp³-hybridized carbons (Fsp3) is 0.438. The van der Waals surface area contributed by atoms with Crippen LogP contribution >= 0.6 is 15.9 Å². The summed E-state index contributed by atoms with van der Waals surface area (Å²) < 4.78 is 3.19. The van der Waals surface area contributed by atoms with Crippen molar-refractivity contribution >= 4 is 21.7 Å². The van der Waals surface area contributed by atoms with E-state index >= 15 is 0 Å². The van der Waals surface area contributed by atoms with Gasteiger partial charge in [0.25, 0.3) is 0 Å². The van der Waals surface area contributed by atoms with Crippen LogP contribution in [0.1, 0.15) is 43.0 Å². The number of hydrogen-bond donors (Lipinski definition) is 1. The summed E-state index contributed by atoms with van der Waals surface area (Å²) in [6.45, 7) is 2.09. The van der Waals surface area contributed by atoms with Crippen molar-refractivity contribution in [2.45, 2.75) is 38.5 Å². The first-order valence-electron chi connectivity index (χ1n) is 7.16. The minimum absolute atomic E-state index is 0.576. The molecule has 1 aliphatic carbocycles. The Labute approximate surface area is 128 Å². The van der Waals surface area contributed by atoms with Gasteiger partial charge in [-0.25, -0.2) is 4.98 Å². The highest BCUT2D eigenvalue weighted by molar-refractivity contribution is 9.10. The molecule has 1 saturated carbocycles. The Bertz CT molecular complexity index is 639. The molecule has 1 aliphatic rings. The Morgan fingerprint density at radius 2 is 2.00 bits per heavy atom. The lowest BCUT2D eigenvalue weighted by atomic mass is 10.1. The highest BCUT2D eigenvalue weighted by Crippen LogP contribution is 2.37. The molecule has 0 atom stereocenters. The monoisotopic (exact) mass is 333 g/mol. The molecule has 2 aromatic rings. The molecule has 4 heteroatoms. The number of rotatable bonds is 2. The topological polar surface area (TPSA) is 43.8 Å². The van der Waals surface area contributed by atoms with Crippen molar-refractivity contribution in [3.8, 4) is 11.3 Å². The van der Waals surface area contributed by atoms with E-state index in [0.29, 0.717) is 5.92 Å². The number of imidazole rings is 1. The molecule has 106 valence electrons. The molecule has 0 radical (unpaired) electrons. The molecule has 0 spiro atoms. The third-order valence-electron chi connectivity index (χ3n) is 4.33. The highest BCUT2D eigenvalue weighted by atomic mass is 79.9. The van der Waals surface area contributed by atoms with Crippen LogP contribution in [0.15, 0.2) is 22.7 Å². The normalized spacial score (nSPS) is 15.9. The Balaban J connectivity index is 2.05. The molecule has 1 aromatic heterocycles. The molecule has 0 saturated heterocycles. The van der Waals surface area contributed by atoms with E-state index in [4.69, 9.17) is 10.7 Å². The average Bonchev–Trinajstić information content (AvgIpc) is 3.04. The van der Waals surface area contributed by atoms with Gasteiger partial charge in [0.15, 0.2) is 0 Å². The third kappa shape index (κ3) is 2.26. The number of nitrogens with zero attached hydrogens (tertiary/aromatic N) is 2. The van der Waals surface area contributed by atoms with Crippen molar-refractivity contribution in [3.63, 3.8) is 0 Å². The van der Waals surface area contributed by atoms with Crippen LogP contribution in [0.3, 0.4) is 0 Å². The molecule has 3 nitrogen and oxygen atoms in total. The minimum Gasteiger partial charge on any atom is -0.383 e. The number of anilines is 1. The van der Waals surface area contributed by atoms with Gasteiger partial charge in [-0.1, -0.05) is 34.8 Å². The predicted molar refractivity (Wildman–Crippen MR) is 86.7 cm³/mol. The van der Waals surface area contributed by atoms with Crippen molar-refractivity contribution in [2.75, 3.05) is 5.73 Å². The number of benzene rings is 1. The maximum Gasteiger partial charge on any atom is 0.131 e. The maximum absolute atomic E-state index is 6.28. The van der Waals surface area contributed by atoms with Crippen LogP contribution in [0.5, 0.6) is 0 Å². The van der Waals surface area contributed by atoms with Crippen LogP contribution < -0.4 is 5.73 Å². The second kappa shape index (κ2) is 5.24. The van der Waals surface area contributed by atoms with E-state index in [1.54, 1.807) is 0 Å². The second-order valence-corrected chi connectivity index (χ2v) is 6.56. The van der Waals surface area contributed by atoms with Crippen molar-refractivity contribution in [3.05, 3.63) is 34.1 Å².